The monoisotopic (exact) mass is 397 g/mol. The van der Waals surface area contributed by atoms with Crippen LogP contribution in [0.3, 0.4) is 0 Å². The number of hydrogen-bond donors (Lipinski definition) is 2. The third-order valence-electron chi connectivity index (χ3n) is 4.11. The van der Waals surface area contributed by atoms with Crippen molar-refractivity contribution in [3.05, 3.63) is 29.8 Å². The molecule has 27 heavy (non-hydrogen) atoms. The molecule has 0 aliphatic rings. The lowest BCUT2D eigenvalue weighted by atomic mass is 10.0. The maximum Gasteiger partial charge on any atom is 0.251 e. The van der Waals surface area contributed by atoms with Gasteiger partial charge in [0.1, 0.15) is 0 Å². The molecule has 1 aromatic rings. The zero-order chi connectivity index (χ0) is 20.6. The number of nitrogens with zero attached hydrogens (tertiary/aromatic N) is 1. The van der Waals surface area contributed by atoms with Gasteiger partial charge < -0.3 is 10.6 Å². The number of rotatable bonds is 10. The molecule has 0 aliphatic carbocycles. The van der Waals surface area contributed by atoms with E-state index in [-0.39, 0.29) is 29.0 Å². The first-order valence-electron chi connectivity index (χ1n) is 9.14. The molecular weight excluding hydrogens is 366 g/mol. The fourth-order valence-corrected chi connectivity index (χ4v) is 3.45. The number of carbonyl (C=O) groups excluding carboxylic acids is 2. The average molecular weight is 398 g/mol. The number of sulfonamides is 1. The van der Waals surface area contributed by atoms with E-state index in [1.807, 2.05) is 6.92 Å². The number of benzene rings is 1. The molecular formula is C19H31N3O4S. The second-order valence-electron chi connectivity index (χ2n) is 7.29. The largest absolute Gasteiger partial charge is 0.352 e. The van der Waals surface area contributed by atoms with E-state index in [0.29, 0.717) is 5.92 Å². The van der Waals surface area contributed by atoms with E-state index < -0.39 is 15.9 Å². The number of nitrogens with one attached hydrogen (secondary N) is 2. The van der Waals surface area contributed by atoms with Crippen molar-refractivity contribution in [3.8, 4) is 0 Å². The van der Waals surface area contributed by atoms with Crippen molar-refractivity contribution in [2.75, 3.05) is 20.6 Å². The summed E-state index contributed by atoms with van der Waals surface area (Å²) in [5.41, 5.74) is 0.190. The molecule has 0 aliphatic heterocycles. The maximum absolute atomic E-state index is 12.2. The standard InChI is InChI=1S/C19H31N3O4S/c1-14(2)8-6-9-15(3)21-18(23)13-20-19(24)16-10-7-11-17(12-16)27(25,26)22(4)5/h7,10-12,14-15H,6,8-9,13H2,1-5H3,(H,20,24)(H,21,23). The maximum atomic E-state index is 12.2. The summed E-state index contributed by atoms with van der Waals surface area (Å²) in [4.78, 5) is 24.2. The first kappa shape index (κ1) is 23.1. The van der Waals surface area contributed by atoms with Crippen molar-refractivity contribution >= 4 is 21.8 Å². The van der Waals surface area contributed by atoms with Crippen LogP contribution in [0, 0.1) is 5.92 Å². The van der Waals surface area contributed by atoms with Gasteiger partial charge >= 0.3 is 0 Å². The lowest BCUT2D eigenvalue weighted by Crippen LogP contribution is -2.40. The number of carbonyl (C=O) groups is 2. The van der Waals surface area contributed by atoms with E-state index in [4.69, 9.17) is 0 Å². The van der Waals surface area contributed by atoms with Gasteiger partial charge in [0.2, 0.25) is 15.9 Å². The van der Waals surface area contributed by atoms with Crippen LogP contribution in [0.4, 0.5) is 0 Å². The van der Waals surface area contributed by atoms with Gasteiger partial charge in [0, 0.05) is 25.7 Å². The number of hydrogen-bond acceptors (Lipinski definition) is 4. The molecule has 152 valence electrons. The molecule has 0 aromatic heterocycles. The molecule has 0 spiro atoms. The van der Waals surface area contributed by atoms with Gasteiger partial charge in [0.25, 0.3) is 5.91 Å². The lowest BCUT2D eigenvalue weighted by molar-refractivity contribution is -0.120. The van der Waals surface area contributed by atoms with Gasteiger partial charge in [-0.2, -0.15) is 0 Å². The van der Waals surface area contributed by atoms with Crippen molar-refractivity contribution in [2.45, 2.75) is 51.0 Å². The Bertz CT molecular complexity index is 745. The van der Waals surface area contributed by atoms with Crippen LogP contribution in [-0.2, 0) is 14.8 Å². The third-order valence-corrected chi connectivity index (χ3v) is 5.92. The Balaban J connectivity index is 2.56. The molecule has 1 unspecified atom stereocenters. The van der Waals surface area contributed by atoms with Gasteiger partial charge in [-0.25, -0.2) is 12.7 Å². The molecule has 8 heteroatoms. The van der Waals surface area contributed by atoms with Crippen LogP contribution in [0.2, 0.25) is 0 Å². The smallest absolute Gasteiger partial charge is 0.251 e. The Labute approximate surface area is 162 Å². The van der Waals surface area contributed by atoms with Crippen LogP contribution in [0.25, 0.3) is 0 Å². The van der Waals surface area contributed by atoms with Gasteiger partial charge in [-0.3, -0.25) is 9.59 Å². The first-order valence-corrected chi connectivity index (χ1v) is 10.6. The predicted octanol–water partition coefficient (Wildman–Crippen LogP) is 2.00. The van der Waals surface area contributed by atoms with Crippen molar-refractivity contribution in [3.63, 3.8) is 0 Å². The van der Waals surface area contributed by atoms with Crippen molar-refractivity contribution < 1.29 is 18.0 Å². The van der Waals surface area contributed by atoms with E-state index >= 15 is 0 Å². The van der Waals surface area contributed by atoms with E-state index in [1.165, 1.54) is 38.4 Å². The molecule has 0 heterocycles. The molecule has 2 amide bonds. The van der Waals surface area contributed by atoms with Gasteiger partial charge in [-0.05, 0) is 37.5 Å². The second-order valence-corrected chi connectivity index (χ2v) is 9.44. The normalized spacial score (nSPS) is 12.9. The zero-order valence-corrected chi connectivity index (χ0v) is 17.6. The van der Waals surface area contributed by atoms with Gasteiger partial charge in [0.05, 0.1) is 11.4 Å². The minimum absolute atomic E-state index is 0.0309. The molecule has 0 radical (unpaired) electrons. The Morgan fingerprint density at radius 1 is 1.11 bits per heavy atom. The van der Waals surface area contributed by atoms with E-state index in [2.05, 4.69) is 24.5 Å². The first-order chi connectivity index (χ1) is 12.5. The Kier molecular flexibility index (Phi) is 8.92. The van der Waals surface area contributed by atoms with Crippen molar-refractivity contribution in [1.29, 1.82) is 0 Å². The minimum atomic E-state index is -3.62. The summed E-state index contributed by atoms with van der Waals surface area (Å²) in [5.74, 6) is -0.120. The zero-order valence-electron chi connectivity index (χ0n) is 16.8. The third kappa shape index (κ3) is 7.68. The van der Waals surface area contributed by atoms with Gasteiger partial charge in [-0.15, -0.1) is 0 Å². The second kappa shape index (κ2) is 10.4. The topological polar surface area (TPSA) is 95.6 Å². The van der Waals surface area contributed by atoms with E-state index in [0.717, 1.165) is 23.6 Å². The van der Waals surface area contributed by atoms with Gasteiger partial charge in [-0.1, -0.05) is 32.8 Å². The highest BCUT2D eigenvalue weighted by Crippen LogP contribution is 2.14. The summed E-state index contributed by atoms with van der Waals surface area (Å²) >= 11 is 0. The van der Waals surface area contributed by atoms with Crippen molar-refractivity contribution in [2.24, 2.45) is 5.92 Å². The molecule has 7 nitrogen and oxygen atoms in total. The molecule has 0 bridgehead atoms. The summed E-state index contributed by atoms with van der Waals surface area (Å²) in [6, 6.07) is 5.79. The summed E-state index contributed by atoms with van der Waals surface area (Å²) in [7, 11) is -0.770. The summed E-state index contributed by atoms with van der Waals surface area (Å²) in [6.07, 6.45) is 3.05. The summed E-state index contributed by atoms with van der Waals surface area (Å²) < 4.78 is 25.4. The highest BCUT2D eigenvalue weighted by atomic mass is 32.2. The Hall–Kier alpha value is -1.93. The number of amides is 2. The molecule has 0 saturated carbocycles. The lowest BCUT2D eigenvalue weighted by Gasteiger charge is -2.15. The summed E-state index contributed by atoms with van der Waals surface area (Å²) in [5, 5.41) is 5.38. The molecule has 0 saturated heterocycles. The highest BCUT2D eigenvalue weighted by molar-refractivity contribution is 7.89. The van der Waals surface area contributed by atoms with E-state index in [1.54, 1.807) is 0 Å². The highest BCUT2D eigenvalue weighted by Gasteiger charge is 2.19. The molecule has 1 aromatic carbocycles. The van der Waals surface area contributed by atoms with Crippen LogP contribution in [0.5, 0.6) is 0 Å². The van der Waals surface area contributed by atoms with Crippen LogP contribution < -0.4 is 10.6 Å². The average Bonchev–Trinajstić information content (AvgIpc) is 2.59. The predicted molar refractivity (Wildman–Crippen MR) is 106 cm³/mol. The minimum Gasteiger partial charge on any atom is -0.352 e. The summed E-state index contributed by atoms with van der Waals surface area (Å²) in [6.45, 7) is 6.11. The quantitative estimate of drug-likeness (QED) is 0.631. The Morgan fingerprint density at radius 3 is 2.37 bits per heavy atom. The van der Waals surface area contributed by atoms with Crippen LogP contribution in [0.15, 0.2) is 29.2 Å². The van der Waals surface area contributed by atoms with Gasteiger partial charge in [0.15, 0.2) is 0 Å². The molecule has 1 rings (SSSR count). The van der Waals surface area contributed by atoms with Crippen LogP contribution >= 0.6 is 0 Å². The molecule has 0 fully saturated rings. The van der Waals surface area contributed by atoms with Crippen molar-refractivity contribution in [1.82, 2.24) is 14.9 Å². The van der Waals surface area contributed by atoms with Crippen LogP contribution in [0.1, 0.15) is 50.4 Å². The van der Waals surface area contributed by atoms with E-state index in [9.17, 15) is 18.0 Å². The molecule has 1 atom stereocenters. The molecule has 2 N–H and O–H groups in total. The fourth-order valence-electron chi connectivity index (χ4n) is 2.50. The fraction of sp³-hybridized carbons (Fsp3) is 0.579. The Morgan fingerprint density at radius 2 is 1.78 bits per heavy atom. The van der Waals surface area contributed by atoms with Crippen LogP contribution in [-0.4, -0.2) is 51.2 Å². The SMILES string of the molecule is CC(C)CCCC(C)NC(=O)CNC(=O)c1cccc(S(=O)(=O)N(C)C)c1.